The molecule has 0 saturated carbocycles. The molecular weight excluding hydrogens is 540 g/mol. The summed E-state index contributed by atoms with van der Waals surface area (Å²) in [6, 6.07) is 11.2. The van der Waals surface area contributed by atoms with Crippen LogP contribution in [0.1, 0.15) is 31.2 Å². The van der Waals surface area contributed by atoms with Gasteiger partial charge in [-0.2, -0.15) is 4.98 Å². The lowest BCUT2D eigenvalue weighted by molar-refractivity contribution is -0.159. The Morgan fingerprint density at radius 1 is 0.881 bits per heavy atom. The number of carboxylic acids is 2. The standard InChI is InChI=1S/C27H36N8O.C2H2O4/c1-32(19-21-7-3-2-4-8-21)25-24-23(28-20-29-25)26(34-15-17-36-18-16-34)31-27(30-24)35-13-9-22(10-14-35)33-11-5-6-12-33;3-1(4)2(5)6/h2-4,7-8,20,22H,5-6,9-19H2,1H3;(H,3,4)(H,5,6). The predicted octanol–water partition coefficient (Wildman–Crippen LogP) is 2.11. The maximum Gasteiger partial charge on any atom is 0.414 e. The first-order valence-electron chi connectivity index (χ1n) is 14.5. The summed E-state index contributed by atoms with van der Waals surface area (Å²) in [6.45, 7) is 8.25. The van der Waals surface area contributed by atoms with E-state index < -0.39 is 11.9 Å². The van der Waals surface area contributed by atoms with Crippen LogP contribution in [0.15, 0.2) is 36.7 Å². The Kier molecular flexibility index (Phi) is 9.59. The SMILES string of the molecule is CN(Cc1ccccc1)c1ncnc2c(N3CCOCC3)nc(N3CCC(N4CCCC4)CC3)nc12.O=C(O)C(=O)O. The quantitative estimate of drug-likeness (QED) is 0.412. The van der Waals surface area contributed by atoms with E-state index in [0.29, 0.717) is 19.3 Å². The van der Waals surface area contributed by atoms with Crippen molar-refractivity contribution in [1.29, 1.82) is 0 Å². The minimum absolute atomic E-state index is 0.693. The highest BCUT2D eigenvalue weighted by atomic mass is 16.5. The van der Waals surface area contributed by atoms with Gasteiger partial charge in [0.25, 0.3) is 0 Å². The van der Waals surface area contributed by atoms with E-state index >= 15 is 0 Å². The smallest absolute Gasteiger partial charge is 0.414 e. The molecule has 6 rings (SSSR count). The number of rotatable bonds is 6. The van der Waals surface area contributed by atoms with Gasteiger partial charge in [-0.1, -0.05) is 30.3 Å². The summed E-state index contributed by atoms with van der Waals surface area (Å²) in [6.07, 6.45) is 6.67. The van der Waals surface area contributed by atoms with Crippen LogP contribution in [0, 0.1) is 0 Å². The lowest BCUT2D eigenvalue weighted by atomic mass is 10.0. The number of hydrogen-bond donors (Lipinski definition) is 2. The fourth-order valence-electron chi connectivity index (χ4n) is 5.80. The fourth-order valence-corrected chi connectivity index (χ4v) is 5.80. The third-order valence-electron chi connectivity index (χ3n) is 7.95. The number of benzene rings is 1. The number of nitrogens with zero attached hydrogens (tertiary/aromatic N) is 8. The van der Waals surface area contributed by atoms with E-state index in [2.05, 4.69) is 55.9 Å². The molecule has 0 atom stereocenters. The van der Waals surface area contributed by atoms with Crippen LogP contribution in [0.2, 0.25) is 0 Å². The van der Waals surface area contributed by atoms with Crippen LogP contribution in [-0.2, 0) is 20.9 Å². The van der Waals surface area contributed by atoms with E-state index in [-0.39, 0.29) is 0 Å². The fraction of sp³-hybridized carbons (Fsp3) is 0.517. The van der Waals surface area contributed by atoms with Crippen molar-refractivity contribution in [1.82, 2.24) is 24.8 Å². The Balaban J connectivity index is 0.000000535. The van der Waals surface area contributed by atoms with Crippen molar-refractivity contribution < 1.29 is 24.5 Å². The first kappa shape index (κ1) is 29.4. The Morgan fingerprint density at radius 3 is 2.19 bits per heavy atom. The van der Waals surface area contributed by atoms with Gasteiger partial charge in [-0.25, -0.2) is 24.5 Å². The highest BCUT2D eigenvalue weighted by Crippen LogP contribution is 2.32. The third-order valence-corrected chi connectivity index (χ3v) is 7.95. The summed E-state index contributed by atoms with van der Waals surface area (Å²) >= 11 is 0. The van der Waals surface area contributed by atoms with Crippen LogP contribution in [0.3, 0.4) is 0 Å². The summed E-state index contributed by atoms with van der Waals surface area (Å²) in [7, 11) is 2.08. The third kappa shape index (κ3) is 7.02. The second kappa shape index (κ2) is 13.7. The van der Waals surface area contributed by atoms with Gasteiger partial charge in [0.1, 0.15) is 17.4 Å². The lowest BCUT2D eigenvalue weighted by Crippen LogP contribution is -2.44. The number of likely N-dealkylation sites (tertiary alicyclic amines) is 1. The second-order valence-electron chi connectivity index (χ2n) is 10.8. The van der Waals surface area contributed by atoms with E-state index in [1.54, 1.807) is 6.33 Å². The van der Waals surface area contributed by atoms with Crippen molar-refractivity contribution in [2.24, 2.45) is 0 Å². The molecule has 0 amide bonds. The molecule has 2 N–H and O–H groups in total. The molecule has 3 saturated heterocycles. The van der Waals surface area contributed by atoms with Crippen molar-refractivity contribution in [3.63, 3.8) is 0 Å². The second-order valence-corrected chi connectivity index (χ2v) is 10.8. The van der Waals surface area contributed by atoms with Crippen molar-refractivity contribution >= 4 is 40.6 Å². The van der Waals surface area contributed by atoms with E-state index in [9.17, 15) is 0 Å². The van der Waals surface area contributed by atoms with Gasteiger partial charge in [-0.05, 0) is 44.3 Å². The summed E-state index contributed by atoms with van der Waals surface area (Å²) in [5, 5.41) is 14.8. The van der Waals surface area contributed by atoms with Crippen LogP contribution in [-0.4, -0.2) is 113 Å². The number of piperidine rings is 1. The highest BCUT2D eigenvalue weighted by molar-refractivity contribution is 6.27. The molecule has 0 aliphatic carbocycles. The Morgan fingerprint density at radius 2 is 1.55 bits per heavy atom. The van der Waals surface area contributed by atoms with Gasteiger partial charge >= 0.3 is 11.9 Å². The van der Waals surface area contributed by atoms with Crippen LogP contribution >= 0.6 is 0 Å². The molecule has 0 bridgehead atoms. The minimum atomic E-state index is -1.82. The maximum absolute atomic E-state index is 9.10. The average molecular weight is 579 g/mol. The number of carbonyl (C=O) groups is 2. The molecule has 3 aliphatic rings. The molecular formula is C29H38N8O5. The van der Waals surface area contributed by atoms with Crippen LogP contribution in [0.25, 0.3) is 11.0 Å². The Bertz CT molecular complexity index is 1340. The molecule has 5 heterocycles. The van der Waals surface area contributed by atoms with Crippen molar-refractivity contribution in [3.05, 3.63) is 42.2 Å². The lowest BCUT2D eigenvalue weighted by Gasteiger charge is -2.37. The van der Waals surface area contributed by atoms with Gasteiger partial charge in [0.15, 0.2) is 11.6 Å². The molecule has 2 aromatic heterocycles. The zero-order chi connectivity index (χ0) is 29.5. The van der Waals surface area contributed by atoms with Crippen LogP contribution in [0.5, 0.6) is 0 Å². The molecule has 13 nitrogen and oxygen atoms in total. The Hall–Kier alpha value is -4.10. The average Bonchev–Trinajstić information content (AvgIpc) is 3.57. The molecule has 1 aromatic carbocycles. The number of aromatic nitrogens is 4. The monoisotopic (exact) mass is 578 g/mol. The maximum atomic E-state index is 9.10. The topological polar surface area (TPSA) is 148 Å². The van der Waals surface area contributed by atoms with Crippen LogP contribution in [0.4, 0.5) is 17.6 Å². The largest absolute Gasteiger partial charge is 0.473 e. The van der Waals surface area contributed by atoms with E-state index in [0.717, 1.165) is 61.3 Å². The van der Waals surface area contributed by atoms with Gasteiger partial charge in [0, 0.05) is 45.8 Å². The van der Waals surface area contributed by atoms with Gasteiger partial charge < -0.3 is 34.5 Å². The number of carboxylic acid groups (broad SMARTS) is 2. The van der Waals surface area contributed by atoms with Gasteiger partial charge in [-0.15, -0.1) is 0 Å². The molecule has 42 heavy (non-hydrogen) atoms. The van der Waals surface area contributed by atoms with Gasteiger partial charge in [0.2, 0.25) is 5.95 Å². The molecule has 0 spiro atoms. The number of aliphatic carboxylic acids is 2. The highest BCUT2D eigenvalue weighted by Gasteiger charge is 2.29. The van der Waals surface area contributed by atoms with Crippen molar-refractivity contribution in [3.8, 4) is 0 Å². The summed E-state index contributed by atoms with van der Waals surface area (Å²) in [4.78, 5) is 47.3. The van der Waals surface area contributed by atoms with E-state index in [1.165, 1.54) is 44.3 Å². The molecule has 3 fully saturated rings. The molecule has 0 radical (unpaired) electrons. The zero-order valence-corrected chi connectivity index (χ0v) is 23.9. The zero-order valence-electron chi connectivity index (χ0n) is 23.9. The van der Waals surface area contributed by atoms with Crippen molar-refractivity contribution in [2.75, 3.05) is 74.2 Å². The normalized spacial score (nSPS) is 18.0. The number of morpholine rings is 1. The summed E-state index contributed by atoms with van der Waals surface area (Å²) in [5.74, 6) is -1.11. The van der Waals surface area contributed by atoms with Crippen molar-refractivity contribution in [2.45, 2.75) is 38.3 Å². The van der Waals surface area contributed by atoms with Gasteiger partial charge in [-0.3, -0.25) is 0 Å². The molecule has 0 unspecified atom stereocenters. The summed E-state index contributed by atoms with van der Waals surface area (Å²) in [5.41, 5.74) is 2.88. The van der Waals surface area contributed by atoms with Gasteiger partial charge in [0.05, 0.1) is 13.2 Å². The molecule has 3 aromatic rings. The first-order chi connectivity index (χ1) is 20.4. The van der Waals surface area contributed by atoms with E-state index in [1.807, 2.05) is 6.07 Å². The predicted molar refractivity (Wildman–Crippen MR) is 158 cm³/mol. The molecule has 3 aliphatic heterocycles. The number of ether oxygens (including phenoxy) is 1. The summed E-state index contributed by atoms with van der Waals surface area (Å²) < 4.78 is 5.63. The number of anilines is 3. The first-order valence-corrected chi connectivity index (χ1v) is 14.5. The van der Waals surface area contributed by atoms with E-state index in [4.69, 9.17) is 39.5 Å². The number of fused-ring (bicyclic) bond motifs is 1. The molecule has 224 valence electrons. The minimum Gasteiger partial charge on any atom is -0.473 e. The Labute approximate surface area is 244 Å². The van der Waals surface area contributed by atoms with Crippen LogP contribution < -0.4 is 14.7 Å². The molecule has 13 heteroatoms. The number of hydrogen-bond acceptors (Lipinski definition) is 11.